The summed E-state index contributed by atoms with van der Waals surface area (Å²) in [6.45, 7) is -0.178. The fourth-order valence-electron chi connectivity index (χ4n) is 3.15. The molecule has 0 unspecified atom stereocenters. The number of hydrogen-bond donors (Lipinski definition) is 1. The summed E-state index contributed by atoms with van der Waals surface area (Å²) < 4.78 is 24.3. The van der Waals surface area contributed by atoms with Crippen molar-refractivity contribution in [1.29, 1.82) is 0 Å². The van der Waals surface area contributed by atoms with Crippen LogP contribution in [0.1, 0.15) is 5.56 Å². The summed E-state index contributed by atoms with van der Waals surface area (Å²) in [5.41, 5.74) is 1.85. The fraction of sp³-hybridized carbons (Fsp3) is 0.0800. The first-order valence-corrected chi connectivity index (χ1v) is 11.4. The summed E-state index contributed by atoms with van der Waals surface area (Å²) in [6.07, 6.45) is 1.70. The Kier molecular flexibility index (Phi) is 7.24. The zero-order valence-corrected chi connectivity index (χ0v) is 19.6. The standard InChI is InChI=1S/C25H19FN2O4S2/c1-31-20-11-7-18(8-12-20)27-23(29)15-32-21-4-2-3-16(13-21)14-22-24(30)28(25(33)34-22)19-9-5-17(26)6-10-19/h2-14H,15H2,1H3,(H,27,29)/b22-14-. The Bertz CT molecular complexity index is 1260. The zero-order chi connectivity index (χ0) is 24.1. The Morgan fingerprint density at radius 2 is 1.82 bits per heavy atom. The van der Waals surface area contributed by atoms with E-state index in [1.165, 1.54) is 29.2 Å². The van der Waals surface area contributed by atoms with Crippen molar-refractivity contribution in [3.05, 3.63) is 89.1 Å². The van der Waals surface area contributed by atoms with Crippen LogP contribution in [0.2, 0.25) is 0 Å². The molecule has 0 aliphatic carbocycles. The van der Waals surface area contributed by atoms with Gasteiger partial charge < -0.3 is 14.8 Å². The van der Waals surface area contributed by atoms with Crippen LogP contribution in [0, 0.1) is 5.82 Å². The van der Waals surface area contributed by atoms with Crippen molar-refractivity contribution in [2.75, 3.05) is 23.9 Å². The van der Waals surface area contributed by atoms with Crippen LogP contribution >= 0.6 is 24.0 Å². The van der Waals surface area contributed by atoms with Crippen LogP contribution in [0.25, 0.3) is 6.08 Å². The number of rotatable bonds is 7. The molecular weight excluding hydrogens is 475 g/mol. The lowest BCUT2D eigenvalue weighted by molar-refractivity contribution is -0.118. The number of carbonyl (C=O) groups is 2. The van der Waals surface area contributed by atoms with Gasteiger partial charge in [-0.05, 0) is 72.3 Å². The van der Waals surface area contributed by atoms with E-state index in [1.54, 1.807) is 55.7 Å². The van der Waals surface area contributed by atoms with Crippen molar-refractivity contribution in [3.63, 3.8) is 0 Å². The minimum absolute atomic E-state index is 0.178. The molecular formula is C25H19FN2O4S2. The quantitative estimate of drug-likeness (QED) is 0.357. The number of anilines is 2. The average molecular weight is 495 g/mol. The molecule has 0 radical (unpaired) electrons. The summed E-state index contributed by atoms with van der Waals surface area (Å²) in [7, 11) is 1.57. The van der Waals surface area contributed by atoms with Crippen LogP contribution < -0.4 is 19.7 Å². The van der Waals surface area contributed by atoms with E-state index < -0.39 is 0 Å². The van der Waals surface area contributed by atoms with Gasteiger partial charge in [-0.2, -0.15) is 0 Å². The van der Waals surface area contributed by atoms with E-state index in [-0.39, 0.29) is 24.2 Å². The maximum atomic E-state index is 13.2. The van der Waals surface area contributed by atoms with Gasteiger partial charge in [-0.1, -0.05) is 36.1 Å². The number of nitrogens with zero attached hydrogens (tertiary/aromatic N) is 1. The number of nitrogens with one attached hydrogen (secondary N) is 1. The second kappa shape index (κ2) is 10.5. The third kappa shape index (κ3) is 5.62. The molecule has 1 aliphatic heterocycles. The predicted octanol–water partition coefficient (Wildman–Crippen LogP) is 5.26. The molecule has 34 heavy (non-hydrogen) atoms. The molecule has 6 nitrogen and oxygen atoms in total. The van der Waals surface area contributed by atoms with E-state index in [0.29, 0.717) is 37.7 Å². The number of thiocarbonyl (C=S) groups is 1. The molecule has 9 heteroatoms. The van der Waals surface area contributed by atoms with Crippen LogP contribution in [0.5, 0.6) is 11.5 Å². The molecule has 1 aliphatic rings. The molecule has 1 heterocycles. The topological polar surface area (TPSA) is 67.9 Å². The van der Waals surface area contributed by atoms with E-state index in [9.17, 15) is 14.0 Å². The number of ether oxygens (including phenoxy) is 2. The van der Waals surface area contributed by atoms with Crippen LogP contribution in [0.4, 0.5) is 15.8 Å². The van der Waals surface area contributed by atoms with Gasteiger partial charge in [-0.3, -0.25) is 14.5 Å². The van der Waals surface area contributed by atoms with Crippen LogP contribution in [0.15, 0.2) is 77.7 Å². The van der Waals surface area contributed by atoms with Gasteiger partial charge in [0, 0.05) is 5.69 Å². The van der Waals surface area contributed by atoms with Crippen molar-refractivity contribution in [2.45, 2.75) is 0 Å². The second-order valence-corrected chi connectivity index (χ2v) is 8.81. The molecule has 2 amide bonds. The molecule has 4 rings (SSSR count). The molecule has 1 N–H and O–H groups in total. The first-order chi connectivity index (χ1) is 16.4. The molecule has 0 spiro atoms. The summed E-state index contributed by atoms with van der Waals surface area (Å²) in [5.74, 6) is 0.190. The van der Waals surface area contributed by atoms with Crippen molar-refractivity contribution in [2.24, 2.45) is 0 Å². The van der Waals surface area contributed by atoms with E-state index >= 15 is 0 Å². The molecule has 0 bridgehead atoms. The average Bonchev–Trinajstić information content (AvgIpc) is 3.11. The lowest BCUT2D eigenvalue weighted by Gasteiger charge is -2.14. The van der Waals surface area contributed by atoms with Crippen molar-refractivity contribution >= 4 is 57.6 Å². The number of halogens is 1. The first-order valence-electron chi connectivity index (χ1n) is 10.1. The van der Waals surface area contributed by atoms with Gasteiger partial charge in [-0.15, -0.1) is 0 Å². The van der Waals surface area contributed by atoms with Gasteiger partial charge in [0.1, 0.15) is 17.3 Å². The normalized spacial score (nSPS) is 14.4. The number of thioether (sulfide) groups is 1. The SMILES string of the molecule is COc1ccc(NC(=O)COc2cccc(/C=C3\SC(=S)N(c4ccc(F)cc4)C3=O)c2)cc1. The largest absolute Gasteiger partial charge is 0.497 e. The highest BCUT2D eigenvalue weighted by molar-refractivity contribution is 8.27. The summed E-state index contributed by atoms with van der Waals surface area (Å²) in [5, 5.41) is 2.75. The highest BCUT2D eigenvalue weighted by Crippen LogP contribution is 2.36. The minimum atomic E-state index is -0.390. The number of hydrogen-bond acceptors (Lipinski definition) is 6. The first kappa shape index (κ1) is 23.5. The predicted molar refractivity (Wildman–Crippen MR) is 136 cm³/mol. The van der Waals surface area contributed by atoms with Crippen molar-refractivity contribution < 1.29 is 23.5 Å². The number of benzene rings is 3. The summed E-state index contributed by atoms with van der Waals surface area (Å²) in [6, 6.07) is 19.6. The molecule has 0 aromatic heterocycles. The highest BCUT2D eigenvalue weighted by Gasteiger charge is 2.33. The Labute approximate surface area is 205 Å². The van der Waals surface area contributed by atoms with Gasteiger partial charge in [0.15, 0.2) is 10.9 Å². The molecule has 3 aromatic carbocycles. The number of carbonyl (C=O) groups excluding carboxylic acids is 2. The van der Waals surface area contributed by atoms with Crippen molar-refractivity contribution in [3.8, 4) is 11.5 Å². The van der Waals surface area contributed by atoms with Crippen LogP contribution in [-0.2, 0) is 9.59 Å². The molecule has 1 saturated heterocycles. The van der Waals surface area contributed by atoms with Gasteiger partial charge in [0.2, 0.25) is 0 Å². The van der Waals surface area contributed by atoms with Gasteiger partial charge >= 0.3 is 0 Å². The fourth-order valence-corrected chi connectivity index (χ4v) is 4.45. The van der Waals surface area contributed by atoms with E-state index in [4.69, 9.17) is 21.7 Å². The molecule has 1 fully saturated rings. The Balaban J connectivity index is 1.40. The lowest BCUT2D eigenvalue weighted by Crippen LogP contribution is -2.27. The maximum Gasteiger partial charge on any atom is 0.270 e. The third-order valence-electron chi connectivity index (χ3n) is 4.78. The molecule has 0 atom stereocenters. The maximum absolute atomic E-state index is 13.2. The van der Waals surface area contributed by atoms with Crippen LogP contribution in [0.3, 0.4) is 0 Å². The molecule has 3 aromatic rings. The van der Waals surface area contributed by atoms with E-state index in [1.807, 2.05) is 6.07 Å². The van der Waals surface area contributed by atoms with E-state index in [2.05, 4.69) is 5.32 Å². The Morgan fingerprint density at radius 3 is 2.53 bits per heavy atom. The Hall–Kier alpha value is -3.69. The molecule has 172 valence electrons. The zero-order valence-electron chi connectivity index (χ0n) is 18.0. The van der Waals surface area contributed by atoms with Gasteiger partial charge in [-0.25, -0.2) is 4.39 Å². The monoisotopic (exact) mass is 494 g/mol. The number of methoxy groups -OCH3 is 1. The summed E-state index contributed by atoms with van der Waals surface area (Å²) >= 11 is 6.51. The minimum Gasteiger partial charge on any atom is -0.497 e. The smallest absolute Gasteiger partial charge is 0.270 e. The van der Waals surface area contributed by atoms with E-state index in [0.717, 1.165) is 11.8 Å². The Morgan fingerprint density at radius 1 is 1.09 bits per heavy atom. The van der Waals surface area contributed by atoms with Gasteiger partial charge in [0.05, 0.1) is 17.7 Å². The third-order valence-corrected chi connectivity index (χ3v) is 6.08. The molecule has 0 saturated carbocycles. The van der Waals surface area contributed by atoms with Crippen LogP contribution in [-0.4, -0.2) is 29.9 Å². The lowest BCUT2D eigenvalue weighted by atomic mass is 10.2. The summed E-state index contributed by atoms with van der Waals surface area (Å²) in [4.78, 5) is 26.9. The van der Waals surface area contributed by atoms with Gasteiger partial charge in [0.25, 0.3) is 11.8 Å². The highest BCUT2D eigenvalue weighted by atomic mass is 32.2. The number of amides is 2. The second-order valence-electron chi connectivity index (χ2n) is 7.13. The van der Waals surface area contributed by atoms with Crippen molar-refractivity contribution in [1.82, 2.24) is 0 Å².